The smallest absolute Gasteiger partial charge is 0.328 e. The van der Waals surface area contributed by atoms with Crippen molar-refractivity contribution in [2.45, 2.75) is 13.0 Å². The second kappa shape index (κ2) is 6.51. The Hall–Kier alpha value is -2.21. The van der Waals surface area contributed by atoms with Crippen LogP contribution in [0.2, 0.25) is 0 Å². The van der Waals surface area contributed by atoms with E-state index in [2.05, 4.69) is 10.3 Å². The minimum atomic E-state index is -1.06. The fourth-order valence-electron chi connectivity index (χ4n) is 1.11. The molecule has 2 N–H and O–H groups in total. The van der Waals surface area contributed by atoms with Gasteiger partial charge in [0.2, 0.25) is 0 Å². The molecule has 0 aliphatic heterocycles. The van der Waals surface area contributed by atoms with Gasteiger partial charge in [-0.25, -0.2) is 9.78 Å². The van der Waals surface area contributed by atoms with Crippen LogP contribution in [-0.2, 0) is 14.3 Å². The Morgan fingerprint density at radius 3 is 2.83 bits per heavy atom. The number of carboxylic acid groups (broad SMARTS) is 1. The lowest BCUT2D eigenvalue weighted by atomic mass is 10.3. The largest absolute Gasteiger partial charge is 0.478 e. The Balaban J connectivity index is 2.76. The van der Waals surface area contributed by atoms with E-state index in [4.69, 9.17) is 9.84 Å². The molecule has 0 saturated carbocycles. The number of amides is 1. The molecule has 1 amide bonds. The molecule has 1 aromatic rings. The number of methoxy groups -OCH3 is 1. The standard InChI is InChI=1S/C12H14N2O4/c1-8(18-2)12(17)14-10-5-3-4-9(13-10)6-7-11(15)16/h3-8H,1-2H3,(H,15,16)(H,13,14,17)/b7-6+. The van der Waals surface area contributed by atoms with Crippen LogP contribution in [0.5, 0.6) is 0 Å². The Morgan fingerprint density at radius 2 is 2.22 bits per heavy atom. The number of hydrogen-bond donors (Lipinski definition) is 2. The molecule has 0 radical (unpaired) electrons. The van der Waals surface area contributed by atoms with Crippen molar-refractivity contribution < 1.29 is 19.4 Å². The third kappa shape index (κ3) is 4.34. The number of pyridine rings is 1. The van der Waals surface area contributed by atoms with Crippen molar-refractivity contribution in [1.29, 1.82) is 0 Å². The first-order valence-electron chi connectivity index (χ1n) is 5.24. The van der Waals surface area contributed by atoms with E-state index in [9.17, 15) is 9.59 Å². The van der Waals surface area contributed by atoms with Crippen molar-refractivity contribution in [3.05, 3.63) is 30.0 Å². The van der Waals surface area contributed by atoms with Crippen molar-refractivity contribution in [2.24, 2.45) is 0 Å². The van der Waals surface area contributed by atoms with Crippen molar-refractivity contribution in [2.75, 3.05) is 12.4 Å². The number of ether oxygens (including phenoxy) is 1. The van der Waals surface area contributed by atoms with Gasteiger partial charge in [-0.2, -0.15) is 0 Å². The van der Waals surface area contributed by atoms with Gasteiger partial charge in [-0.3, -0.25) is 4.79 Å². The zero-order valence-corrected chi connectivity index (χ0v) is 10.1. The van der Waals surface area contributed by atoms with Crippen molar-refractivity contribution in [3.63, 3.8) is 0 Å². The summed E-state index contributed by atoms with van der Waals surface area (Å²) in [5.74, 6) is -1.03. The first-order valence-corrected chi connectivity index (χ1v) is 5.24. The van der Waals surface area contributed by atoms with Crippen LogP contribution in [0.15, 0.2) is 24.3 Å². The van der Waals surface area contributed by atoms with Crippen LogP contribution >= 0.6 is 0 Å². The highest BCUT2D eigenvalue weighted by Gasteiger charge is 2.11. The normalized spacial score (nSPS) is 12.3. The SMILES string of the molecule is COC(C)C(=O)Nc1cccc(/C=C/C(=O)O)n1. The third-order valence-electron chi connectivity index (χ3n) is 2.14. The molecule has 96 valence electrons. The zero-order valence-electron chi connectivity index (χ0n) is 10.1. The van der Waals surface area contributed by atoms with Gasteiger partial charge in [0.25, 0.3) is 5.91 Å². The maximum atomic E-state index is 11.5. The molecular formula is C12H14N2O4. The zero-order chi connectivity index (χ0) is 13.5. The summed E-state index contributed by atoms with van der Waals surface area (Å²) in [6.07, 6.45) is 1.74. The number of anilines is 1. The van der Waals surface area contributed by atoms with E-state index in [1.165, 1.54) is 13.2 Å². The second-order valence-corrected chi connectivity index (χ2v) is 3.49. The van der Waals surface area contributed by atoms with Crippen LogP contribution in [0.25, 0.3) is 6.08 Å². The Morgan fingerprint density at radius 1 is 1.50 bits per heavy atom. The van der Waals surface area contributed by atoms with Gasteiger partial charge in [0, 0.05) is 13.2 Å². The highest BCUT2D eigenvalue weighted by Crippen LogP contribution is 2.07. The summed E-state index contributed by atoms with van der Waals surface area (Å²) < 4.78 is 4.86. The molecule has 6 nitrogen and oxygen atoms in total. The number of nitrogens with one attached hydrogen (secondary N) is 1. The van der Waals surface area contributed by atoms with Crippen molar-refractivity contribution >= 4 is 23.8 Å². The molecule has 1 atom stereocenters. The topological polar surface area (TPSA) is 88.5 Å². The first-order chi connectivity index (χ1) is 8.52. The van der Waals surface area contributed by atoms with Crippen LogP contribution in [0, 0.1) is 0 Å². The van der Waals surface area contributed by atoms with E-state index in [-0.39, 0.29) is 5.91 Å². The summed E-state index contributed by atoms with van der Waals surface area (Å²) in [5.41, 5.74) is 0.445. The summed E-state index contributed by atoms with van der Waals surface area (Å²) in [4.78, 5) is 26.0. The molecule has 1 aromatic heterocycles. The second-order valence-electron chi connectivity index (χ2n) is 3.49. The molecule has 18 heavy (non-hydrogen) atoms. The maximum Gasteiger partial charge on any atom is 0.328 e. The molecule has 0 aromatic carbocycles. The van der Waals surface area contributed by atoms with Gasteiger partial charge < -0.3 is 15.2 Å². The van der Waals surface area contributed by atoms with E-state index in [0.29, 0.717) is 11.5 Å². The van der Waals surface area contributed by atoms with E-state index >= 15 is 0 Å². The van der Waals surface area contributed by atoms with E-state index in [1.807, 2.05) is 0 Å². The van der Waals surface area contributed by atoms with Crippen LogP contribution in [-0.4, -0.2) is 35.2 Å². The molecule has 1 heterocycles. The van der Waals surface area contributed by atoms with Gasteiger partial charge in [-0.1, -0.05) is 6.07 Å². The van der Waals surface area contributed by atoms with Crippen LogP contribution in [0.4, 0.5) is 5.82 Å². The number of carboxylic acids is 1. The minimum Gasteiger partial charge on any atom is -0.478 e. The molecule has 0 bridgehead atoms. The fourth-order valence-corrected chi connectivity index (χ4v) is 1.11. The molecule has 6 heteroatoms. The van der Waals surface area contributed by atoms with Gasteiger partial charge in [0.05, 0.1) is 5.69 Å². The number of nitrogens with zero attached hydrogens (tertiary/aromatic N) is 1. The van der Waals surface area contributed by atoms with E-state index in [1.54, 1.807) is 25.1 Å². The number of rotatable bonds is 5. The molecule has 0 fully saturated rings. The summed E-state index contributed by atoms with van der Waals surface area (Å²) in [5, 5.41) is 11.1. The average molecular weight is 250 g/mol. The molecule has 0 aliphatic rings. The lowest BCUT2D eigenvalue weighted by Gasteiger charge is -2.09. The van der Waals surface area contributed by atoms with Crippen LogP contribution in [0.1, 0.15) is 12.6 Å². The van der Waals surface area contributed by atoms with Crippen LogP contribution in [0.3, 0.4) is 0 Å². The Kier molecular flexibility index (Phi) is 5.01. The predicted octanol–water partition coefficient (Wildman–Crippen LogP) is 1.15. The summed E-state index contributed by atoms with van der Waals surface area (Å²) in [7, 11) is 1.43. The van der Waals surface area contributed by atoms with Gasteiger partial charge >= 0.3 is 5.97 Å². The molecule has 1 unspecified atom stereocenters. The molecule has 0 saturated heterocycles. The highest BCUT2D eigenvalue weighted by atomic mass is 16.5. The van der Waals surface area contributed by atoms with Crippen LogP contribution < -0.4 is 5.32 Å². The number of aliphatic carboxylic acids is 1. The lowest BCUT2D eigenvalue weighted by Crippen LogP contribution is -2.26. The number of carbonyl (C=O) groups excluding carboxylic acids is 1. The van der Waals surface area contributed by atoms with Gasteiger partial charge in [-0.05, 0) is 25.1 Å². The van der Waals surface area contributed by atoms with Gasteiger partial charge in [0.15, 0.2) is 0 Å². The van der Waals surface area contributed by atoms with E-state index in [0.717, 1.165) is 6.08 Å². The quantitative estimate of drug-likeness (QED) is 0.765. The Labute approximate surface area is 104 Å². The molecule has 1 rings (SSSR count). The Bertz CT molecular complexity index is 471. The predicted molar refractivity (Wildman–Crippen MR) is 66.0 cm³/mol. The van der Waals surface area contributed by atoms with E-state index < -0.39 is 12.1 Å². The van der Waals surface area contributed by atoms with Gasteiger partial charge in [-0.15, -0.1) is 0 Å². The number of carbonyl (C=O) groups is 2. The first kappa shape index (κ1) is 13.9. The van der Waals surface area contributed by atoms with Crippen molar-refractivity contribution in [3.8, 4) is 0 Å². The fraction of sp³-hybridized carbons (Fsp3) is 0.250. The third-order valence-corrected chi connectivity index (χ3v) is 2.14. The number of hydrogen-bond acceptors (Lipinski definition) is 4. The number of aromatic nitrogens is 1. The minimum absolute atomic E-state index is 0.315. The monoisotopic (exact) mass is 250 g/mol. The maximum absolute atomic E-state index is 11.5. The lowest BCUT2D eigenvalue weighted by molar-refractivity contribution is -0.131. The summed E-state index contributed by atoms with van der Waals surface area (Å²) in [6.45, 7) is 1.61. The summed E-state index contributed by atoms with van der Waals surface area (Å²) >= 11 is 0. The average Bonchev–Trinajstić information content (AvgIpc) is 2.35. The molecule has 0 spiro atoms. The van der Waals surface area contributed by atoms with Gasteiger partial charge in [0.1, 0.15) is 11.9 Å². The highest BCUT2D eigenvalue weighted by molar-refractivity contribution is 5.93. The molecular weight excluding hydrogens is 236 g/mol. The van der Waals surface area contributed by atoms with Crippen molar-refractivity contribution in [1.82, 2.24) is 4.98 Å². The molecule has 0 aliphatic carbocycles. The summed E-state index contributed by atoms with van der Waals surface area (Å²) in [6, 6.07) is 4.91.